The van der Waals surface area contributed by atoms with Gasteiger partial charge >= 0.3 is 0 Å². The van der Waals surface area contributed by atoms with E-state index >= 15 is 0 Å². The second-order valence-corrected chi connectivity index (χ2v) is 6.86. The van der Waals surface area contributed by atoms with Crippen molar-refractivity contribution in [2.24, 2.45) is 0 Å². The van der Waals surface area contributed by atoms with E-state index in [2.05, 4.69) is 32.8 Å². The van der Waals surface area contributed by atoms with Gasteiger partial charge in [0.25, 0.3) is 5.91 Å². The summed E-state index contributed by atoms with van der Waals surface area (Å²) < 4.78 is 0.928. The Morgan fingerprint density at radius 1 is 1.14 bits per heavy atom. The molecular weight excluding hydrogens is 411 g/mol. The third-order valence-corrected chi connectivity index (χ3v) is 5.01. The zero-order chi connectivity index (χ0) is 15.5. The highest BCUT2D eigenvalue weighted by Gasteiger charge is 2.16. The number of amides is 1. The molecule has 1 aliphatic rings. The molecule has 1 fully saturated rings. The summed E-state index contributed by atoms with van der Waals surface area (Å²) in [5.74, 6) is -0.116. The van der Waals surface area contributed by atoms with Crippen LogP contribution in [0.1, 0.15) is 23.2 Å². The molecule has 1 saturated heterocycles. The standard InChI is InChI=1S/C17H16ClIN2O/c18-14-11-12(7-8-16(14)21-9-3-4-10-21)20-17(22)13-5-1-2-6-15(13)19/h1-2,5-8,11H,3-4,9-10H2,(H,20,22). The van der Waals surface area contributed by atoms with E-state index < -0.39 is 0 Å². The molecule has 114 valence electrons. The van der Waals surface area contributed by atoms with Crippen molar-refractivity contribution in [3.63, 3.8) is 0 Å². The minimum atomic E-state index is -0.116. The smallest absolute Gasteiger partial charge is 0.256 e. The van der Waals surface area contributed by atoms with Gasteiger partial charge in [-0.15, -0.1) is 0 Å². The van der Waals surface area contributed by atoms with E-state index in [-0.39, 0.29) is 5.91 Å². The Hall–Kier alpha value is -1.27. The van der Waals surface area contributed by atoms with Gasteiger partial charge in [-0.3, -0.25) is 4.79 Å². The van der Waals surface area contributed by atoms with Gasteiger partial charge in [-0.05, 0) is 65.8 Å². The highest BCUT2D eigenvalue weighted by Crippen LogP contribution is 2.31. The number of nitrogens with zero attached hydrogens (tertiary/aromatic N) is 1. The molecular formula is C17H16ClIN2O. The summed E-state index contributed by atoms with van der Waals surface area (Å²) in [6.45, 7) is 2.10. The molecule has 1 aliphatic heterocycles. The Kier molecular flexibility index (Phi) is 4.88. The van der Waals surface area contributed by atoms with Gasteiger partial charge < -0.3 is 10.2 Å². The van der Waals surface area contributed by atoms with Crippen LogP contribution in [0.4, 0.5) is 11.4 Å². The summed E-state index contributed by atoms with van der Waals surface area (Å²) in [5.41, 5.74) is 2.44. The second kappa shape index (κ2) is 6.87. The molecule has 3 rings (SSSR count). The Morgan fingerprint density at radius 2 is 1.86 bits per heavy atom. The van der Waals surface area contributed by atoms with Crippen LogP contribution in [0.3, 0.4) is 0 Å². The van der Waals surface area contributed by atoms with E-state index in [1.807, 2.05) is 42.5 Å². The lowest BCUT2D eigenvalue weighted by molar-refractivity contribution is 0.102. The third kappa shape index (κ3) is 3.38. The highest BCUT2D eigenvalue weighted by atomic mass is 127. The molecule has 1 N–H and O–H groups in total. The maximum atomic E-state index is 12.3. The van der Waals surface area contributed by atoms with Gasteiger partial charge in [0.15, 0.2) is 0 Å². The van der Waals surface area contributed by atoms with Crippen molar-refractivity contribution < 1.29 is 4.79 Å². The summed E-state index contributed by atoms with van der Waals surface area (Å²) in [6.07, 6.45) is 2.42. The zero-order valence-corrected chi connectivity index (χ0v) is 14.9. The molecule has 2 aromatic rings. The van der Waals surface area contributed by atoms with Gasteiger partial charge in [0, 0.05) is 22.3 Å². The van der Waals surface area contributed by atoms with Gasteiger partial charge in [0.2, 0.25) is 0 Å². The Balaban J connectivity index is 1.77. The number of anilines is 2. The molecule has 0 unspecified atom stereocenters. The van der Waals surface area contributed by atoms with Gasteiger partial charge in [-0.1, -0.05) is 23.7 Å². The lowest BCUT2D eigenvalue weighted by atomic mass is 10.2. The lowest BCUT2D eigenvalue weighted by Crippen LogP contribution is -2.18. The van der Waals surface area contributed by atoms with Crippen LogP contribution in [0.5, 0.6) is 0 Å². The van der Waals surface area contributed by atoms with E-state index in [9.17, 15) is 4.79 Å². The first-order valence-corrected chi connectivity index (χ1v) is 8.71. The zero-order valence-electron chi connectivity index (χ0n) is 12.0. The van der Waals surface area contributed by atoms with Gasteiger partial charge in [0.1, 0.15) is 0 Å². The average Bonchev–Trinajstić information content (AvgIpc) is 3.01. The number of nitrogens with one attached hydrogen (secondary N) is 1. The normalized spacial score (nSPS) is 14.2. The van der Waals surface area contributed by atoms with Crippen LogP contribution >= 0.6 is 34.2 Å². The van der Waals surface area contributed by atoms with Crippen molar-refractivity contribution in [1.29, 1.82) is 0 Å². The molecule has 1 heterocycles. The Morgan fingerprint density at radius 3 is 2.55 bits per heavy atom. The van der Waals surface area contributed by atoms with Crippen LogP contribution < -0.4 is 10.2 Å². The molecule has 0 spiro atoms. The van der Waals surface area contributed by atoms with E-state index in [0.29, 0.717) is 10.6 Å². The minimum Gasteiger partial charge on any atom is -0.370 e. The van der Waals surface area contributed by atoms with Gasteiger partial charge in [-0.25, -0.2) is 0 Å². The van der Waals surface area contributed by atoms with Crippen LogP contribution in [0.25, 0.3) is 0 Å². The largest absolute Gasteiger partial charge is 0.370 e. The van der Waals surface area contributed by atoms with Crippen LogP contribution in [-0.2, 0) is 0 Å². The molecule has 0 aromatic heterocycles. The average molecular weight is 427 g/mol. The molecule has 0 radical (unpaired) electrons. The van der Waals surface area contributed by atoms with Crippen molar-refractivity contribution in [1.82, 2.24) is 0 Å². The number of hydrogen-bond donors (Lipinski definition) is 1. The molecule has 5 heteroatoms. The molecule has 0 saturated carbocycles. The van der Waals surface area contributed by atoms with Crippen LogP contribution in [0.2, 0.25) is 5.02 Å². The fourth-order valence-corrected chi connectivity index (χ4v) is 3.58. The quantitative estimate of drug-likeness (QED) is 0.715. The first-order valence-electron chi connectivity index (χ1n) is 7.25. The van der Waals surface area contributed by atoms with E-state index in [1.54, 1.807) is 0 Å². The predicted octanol–water partition coefficient (Wildman–Crippen LogP) is 4.80. The van der Waals surface area contributed by atoms with Crippen molar-refractivity contribution in [2.45, 2.75) is 12.8 Å². The van der Waals surface area contributed by atoms with Crippen molar-refractivity contribution in [3.05, 3.63) is 56.6 Å². The summed E-state index contributed by atoms with van der Waals surface area (Å²) in [5, 5.41) is 3.59. The summed E-state index contributed by atoms with van der Waals surface area (Å²) in [7, 11) is 0. The van der Waals surface area contributed by atoms with Crippen LogP contribution in [0, 0.1) is 3.57 Å². The van der Waals surface area contributed by atoms with Crippen LogP contribution in [0.15, 0.2) is 42.5 Å². The molecule has 0 bridgehead atoms. The molecule has 1 amide bonds. The van der Waals surface area contributed by atoms with E-state index in [4.69, 9.17) is 11.6 Å². The first-order chi connectivity index (χ1) is 10.6. The molecule has 0 aliphatic carbocycles. The van der Waals surface area contributed by atoms with Crippen molar-refractivity contribution in [2.75, 3.05) is 23.3 Å². The number of hydrogen-bond acceptors (Lipinski definition) is 2. The number of benzene rings is 2. The SMILES string of the molecule is O=C(Nc1ccc(N2CCCC2)c(Cl)c1)c1ccccc1I. The molecule has 22 heavy (non-hydrogen) atoms. The highest BCUT2D eigenvalue weighted by molar-refractivity contribution is 14.1. The van der Waals surface area contributed by atoms with Crippen molar-refractivity contribution >= 4 is 51.5 Å². The fraction of sp³-hybridized carbons (Fsp3) is 0.235. The summed E-state index contributed by atoms with van der Waals surface area (Å²) >= 11 is 8.54. The topological polar surface area (TPSA) is 32.3 Å². The van der Waals surface area contributed by atoms with Crippen molar-refractivity contribution in [3.8, 4) is 0 Å². The fourth-order valence-electron chi connectivity index (χ4n) is 2.64. The monoisotopic (exact) mass is 426 g/mol. The maximum Gasteiger partial charge on any atom is 0.256 e. The summed E-state index contributed by atoms with van der Waals surface area (Å²) in [4.78, 5) is 14.6. The maximum absolute atomic E-state index is 12.3. The van der Waals surface area contributed by atoms with Crippen LogP contribution in [-0.4, -0.2) is 19.0 Å². The number of halogens is 2. The van der Waals surface area contributed by atoms with Gasteiger partial charge in [-0.2, -0.15) is 0 Å². The minimum absolute atomic E-state index is 0.116. The summed E-state index contributed by atoms with van der Waals surface area (Å²) in [6, 6.07) is 13.2. The second-order valence-electron chi connectivity index (χ2n) is 5.29. The first kappa shape index (κ1) is 15.6. The number of rotatable bonds is 3. The third-order valence-electron chi connectivity index (χ3n) is 3.77. The molecule has 3 nitrogen and oxygen atoms in total. The Labute approximate surface area is 148 Å². The molecule has 2 aromatic carbocycles. The molecule has 0 atom stereocenters. The lowest BCUT2D eigenvalue weighted by Gasteiger charge is -2.19. The predicted molar refractivity (Wildman–Crippen MR) is 100 cm³/mol. The van der Waals surface area contributed by atoms with E-state index in [0.717, 1.165) is 28.0 Å². The number of carbonyl (C=O) groups is 1. The Bertz CT molecular complexity index is 699. The number of carbonyl (C=O) groups excluding carboxylic acids is 1. The van der Waals surface area contributed by atoms with E-state index in [1.165, 1.54) is 12.8 Å². The van der Waals surface area contributed by atoms with Gasteiger partial charge in [0.05, 0.1) is 16.3 Å².